The maximum Gasteiger partial charge on any atom is 0.124 e. The Balaban J connectivity index is 2.20. The van der Waals surface area contributed by atoms with Crippen molar-refractivity contribution in [1.82, 2.24) is 0 Å². The molecule has 1 heterocycles. The zero-order valence-corrected chi connectivity index (χ0v) is 11.9. The Morgan fingerprint density at radius 3 is 2.76 bits per heavy atom. The molecule has 1 aromatic heterocycles. The van der Waals surface area contributed by atoms with Crippen molar-refractivity contribution in [1.29, 1.82) is 0 Å². The molecule has 0 saturated heterocycles. The van der Waals surface area contributed by atoms with E-state index in [2.05, 4.69) is 15.9 Å². The Kier molecular flexibility index (Phi) is 4.20. The molecule has 1 aromatic carbocycles. The lowest BCUT2D eigenvalue weighted by Gasteiger charge is -2.13. The average Bonchev–Trinajstić information content (AvgIpc) is 2.64. The van der Waals surface area contributed by atoms with E-state index in [0.717, 1.165) is 15.5 Å². The van der Waals surface area contributed by atoms with E-state index in [1.807, 2.05) is 11.4 Å². The van der Waals surface area contributed by atoms with Crippen LogP contribution in [0.4, 0.5) is 4.39 Å². The minimum absolute atomic E-state index is 0.193. The summed E-state index contributed by atoms with van der Waals surface area (Å²) in [5.41, 5.74) is 6.99. The normalized spacial score (nSPS) is 12.7. The molecule has 0 spiro atoms. The molecule has 1 atom stereocenters. The Hall–Kier alpha value is -0.420. The molecular formula is C12H10BrClFNS. The predicted molar refractivity (Wildman–Crippen MR) is 74.1 cm³/mol. The second-order valence-corrected chi connectivity index (χ2v) is 5.93. The molecule has 2 aromatic rings. The summed E-state index contributed by atoms with van der Waals surface area (Å²) in [6.45, 7) is 0. The average molecular weight is 335 g/mol. The molecular weight excluding hydrogens is 325 g/mol. The summed E-state index contributed by atoms with van der Waals surface area (Å²) in [6, 6.07) is 6.20. The smallest absolute Gasteiger partial charge is 0.124 e. The first-order valence-corrected chi connectivity index (χ1v) is 7.05. The highest BCUT2D eigenvalue weighted by Gasteiger charge is 2.13. The molecule has 0 saturated carbocycles. The Bertz CT molecular complexity index is 529. The topological polar surface area (TPSA) is 26.0 Å². The summed E-state index contributed by atoms with van der Waals surface area (Å²) in [5, 5.41) is 2.67. The fourth-order valence-corrected chi connectivity index (χ4v) is 3.40. The highest BCUT2D eigenvalue weighted by Crippen LogP contribution is 2.30. The van der Waals surface area contributed by atoms with E-state index in [4.69, 9.17) is 17.3 Å². The molecule has 0 amide bonds. The van der Waals surface area contributed by atoms with E-state index in [1.54, 1.807) is 17.4 Å². The van der Waals surface area contributed by atoms with Gasteiger partial charge in [0.1, 0.15) is 5.82 Å². The van der Waals surface area contributed by atoms with Gasteiger partial charge < -0.3 is 5.73 Å². The Labute approximate surface area is 117 Å². The van der Waals surface area contributed by atoms with Gasteiger partial charge in [-0.3, -0.25) is 0 Å². The summed E-state index contributed by atoms with van der Waals surface area (Å²) < 4.78 is 13.7. The number of rotatable bonds is 3. The van der Waals surface area contributed by atoms with Crippen LogP contribution in [0.3, 0.4) is 0 Å². The van der Waals surface area contributed by atoms with E-state index >= 15 is 0 Å². The molecule has 0 bridgehead atoms. The molecule has 1 nitrogen and oxygen atoms in total. The minimum atomic E-state index is -0.276. The molecule has 0 fully saturated rings. The molecule has 1 unspecified atom stereocenters. The zero-order chi connectivity index (χ0) is 12.4. The van der Waals surface area contributed by atoms with E-state index in [9.17, 15) is 4.39 Å². The van der Waals surface area contributed by atoms with Crippen molar-refractivity contribution in [3.8, 4) is 0 Å². The first-order valence-electron chi connectivity index (χ1n) is 5.00. The second kappa shape index (κ2) is 5.48. The van der Waals surface area contributed by atoms with Gasteiger partial charge >= 0.3 is 0 Å². The number of nitrogens with two attached hydrogens (primary N) is 1. The van der Waals surface area contributed by atoms with Gasteiger partial charge in [0.05, 0.1) is 5.02 Å². The van der Waals surface area contributed by atoms with Gasteiger partial charge in [-0.15, -0.1) is 11.3 Å². The third-order valence-electron chi connectivity index (χ3n) is 2.46. The SMILES string of the molecule is NC(Cc1sccc1Cl)c1ccc(F)cc1Br. The third-order valence-corrected chi connectivity index (χ3v) is 4.55. The van der Waals surface area contributed by atoms with Crippen molar-refractivity contribution in [2.75, 3.05) is 0 Å². The van der Waals surface area contributed by atoms with Gasteiger partial charge in [0.25, 0.3) is 0 Å². The van der Waals surface area contributed by atoms with Crippen LogP contribution in [0, 0.1) is 5.82 Å². The molecule has 0 aliphatic carbocycles. The van der Waals surface area contributed by atoms with Gasteiger partial charge in [0, 0.05) is 21.8 Å². The van der Waals surface area contributed by atoms with E-state index in [-0.39, 0.29) is 11.9 Å². The van der Waals surface area contributed by atoms with Crippen molar-refractivity contribution < 1.29 is 4.39 Å². The van der Waals surface area contributed by atoms with Gasteiger partial charge in [0.2, 0.25) is 0 Å². The molecule has 0 aliphatic rings. The monoisotopic (exact) mass is 333 g/mol. The minimum Gasteiger partial charge on any atom is -0.324 e. The third kappa shape index (κ3) is 3.07. The van der Waals surface area contributed by atoms with E-state index in [0.29, 0.717) is 10.9 Å². The number of thiophene rings is 1. The summed E-state index contributed by atoms with van der Waals surface area (Å²) >= 11 is 10.9. The first kappa shape index (κ1) is 13.0. The van der Waals surface area contributed by atoms with Crippen LogP contribution >= 0.6 is 38.9 Å². The van der Waals surface area contributed by atoms with Gasteiger partial charge in [-0.1, -0.05) is 33.6 Å². The largest absolute Gasteiger partial charge is 0.324 e. The quantitative estimate of drug-likeness (QED) is 0.876. The highest BCUT2D eigenvalue weighted by atomic mass is 79.9. The Morgan fingerprint density at radius 1 is 1.41 bits per heavy atom. The Morgan fingerprint density at radius 2 is 2.18 bits per heavy atom. The van der Waals surface area contributed by atoms with Gasteiger partial charge in [-0.25, -0.2) is 4.39 Å². The standard InChI is InChI=1S/C12H10BrClFNS/c13-9-5-7(15)1-2-8(9)11(16)6-12-10(14)3-4-17-12/h1-5,11H,6,16H2. The van der Waals surface area contributed by atoms with Crippen LogP contribution in [0.1, 0.15) is 16.5 Å². The lowest BCUT2D eigenvalue weighted by Crippen LogP contribution is -2.13. The zero-order valence-electron chi connectivity index (χ0n) is 8.79. The molecule has 5 heteroatoms. The number of hydrogen-bond acceptors (Lipinski definition) is 2. The van der Waals surface area contributed by atoms with Crippen molar-refractivity contribution >= 4 is 38.9 Å². The van der Waals surface area contributed by atoms with Gasteiger partial charge in [-0.05, 0) is 29.1 Å². The number of halogens is 3. The first-order chi connectivity index (χ1) is 8.08. The van der Waals surface area contributed by atoms with Crippen molar-refractivity contribution in [2.24, 2.45) is 5.73 Å². The fourth-order valence-electron chi connectivity index (χ4n) is 1.58. The molecule has 17 heavy (non-hydrogen) atoms. The predicted octanol–water partition coefficient (Wildman–Crippen LogP) is 4.55. The van der Waals surface area contributed by atoms with Crippen LogP contribution in [0.25, 0.3) is 0 Å². The van der Waals surface area contributed by atoms with Crippen LogP contribution in [-0.4, -0.2) is 0 Å². The van der Waals surface area contributed by atoms with Crippen molar-refractivity contribution in [3.05, 3.63) is 55.4 Å². The lowest BCUT2D eigenvalue weighted by atomic mass is 10.0. The van der Waals surface area contributed by atoms with E-state index in [1.165, 1.54) is 12.1 Å². The lowest BCUT2D eigenvalue weighted by molar-refractivity contribution is 0.623. The number of benzene rings is 1. The summed E-state index contributed by atoms with van der Waals surface area (Å²) in [6.07, 6.45) is 0.654. The van der Waals surface area contributed by atoms with Crippen molar-refractivity contribution in [3.63, 3.8) is 0 Å². The van der Waals surface area contributed by atoms with Crippen LogP contribution in [-0.2, 0) is 6.42 Å². The summed E-state index contributed by atoms with van der Waals surface area (Å²) in [7, 11) is 0. The maximum atomic E-state index is 13.0. The summed E-state index contributed by atoms with van der Waals surface area (Å²) in [4.78, 5) is 1.05. The fraction of sp³-hybridized carbons (Fsp3) is 0.167. The molecule has 90 valence electrons. The van der Waals surface area contributed by atoms with Crippen LogP contribution < -0.4 is 5.73 Å². The van der Waals surface area contributed by atoms with Gasteiger partial charge in [0.15, 0.2) is 0 Å². The summed E-state index contributed by atoms with van der Waals surface area (Å²) in [5.74, 6) is -0.276. The van der Waals surface area contributed by atoms with Gasteiger partial charge in [-0.2, -0.15) is 0 Å². The van der Waals surface area contributed by atoms with Crippen LogP contribution in [0.5, 0.6) is 0 Å². The molecule has 2 rings (SSSR count). The number of hydrogen-bond donors (Lipinski definition) is 1. The molecule has 0 aliphatic heterocycles. The second-order valence-electron chi connectivity index (χ2n) is 3.67. The van der Waals surface area contributed by atoms with Crippen LogP contribution in [0.2, 0.25) is 5.02 Å². The molecule has 2 N–H and O–H groups in total. The maximum absolute atomic E-state index is 13.0. The van der Waals surface area contributed by atoms with E-state index < -0.39 is 0 Å². The molecule has 0 radical (unpaired) electrons. The highest BCUT2D eigenvalue weighted by molar-refractivity contribution is 9.10. The van der Waals surface area contributed by atoms with Crippen molar-refractivity contribution in [2.45, 2.75) is 12.5 Å². The van der Waals surface area contributed by atoms with Crippen LogP contribution in [0.15, 0.2) is 34.1 Å².